The van der Waals surface area contributed by atoms with Crippen molar-refractivity contribution >= 4 is 54.6 Å². The Hall–Kier alpha value is -7.16. The molecule has 0 saturated heterocycles. The maximum absolute atomic E-state index is 7.37. The van der Waals surface area contributed by atoms with Crippen LogP contribution in [-0.2, 0) is 5.41 Å². The molecule has 0 aliphatic heterocycles. The molecular weight excluding hydrogens is 705 g/mol. The van der Waals surface area contributed by atoms with Gasteiger partial charge in [0, 0.05) is 49.6 Å². The average Bonchev–Trinajstić information content (AvgIpc) is 3.92. The molecule has 9 aromatic carbocycles. The second-order valence-electron chi connectivity index (χ2n) is 16.3. The first-order chi connectivity index (χ1) is 28.5. The quantitative estimate of drug-likeness (QED) is 0.164. The van der Waals surface area contributed by atoms with E-state index in [0.717, 1.165) is 60.6 Å². The summed E-state index contributed by atoms with van der Waals surface area (Å²) in [5.74, 6) is -0.171. The molecule has 0 spiro atoms. The van der Waals surface area contributed by atoms with Crippen molar-refractivity contribution in [3.8, 4) is 33.4 Å². The van der Waals surface area contributed by atoms with E-state index in [1.54, 1.807) is 0 Å². The van der Waals surface area contributed by atoms with Gasteiger partial charge < -0.3 is 8.83 Å². The maximum Gasteiger partial charge on any atom is 0.143 e. The summed E-state index contributed by atoms with van der Waals surface area (Å²) in [6.45, 7) is 4.70. The first-order valence-electron chi connectivity index (χ1n) is 20.2. The molecule has 274 valence electrons. The van der Waals surface area contributed by atoms with Crippen LogP contribution in [-0.4, -0.2) is 0 Å². The fraction of sp³-hybridized carbons (Fsp3) is 0.0714. The first-order valence-corrected chi connectivity index (χ1v) is 20.2. The fourth-order valence-electron chi connectivity index (χ4n) is 10.0. The van der Waals surface area contributed by atoms with Gasteiger partial charge in [-0.25, -0.2) is 0 Å². The summed E-state index contributed by atoms with van der Waals surface area (Å²) in [4.78, 5) is 0. The summed E-state index contributed by atoms with van der Waals surface area (Å²) in [7, 11) is 0. The van der Waals surface area contributed by atoms with Crippen LogP contribution in [0.5, 0.6) is 0 Å². The lowest BCUT2D eigenvalue weighted by molar-refractivity contribution is 0.654. The largest absolute Gasteiger partial charge is 0.456 e. The van der Waals surface area contributed by atoms with E-state index in [4.69, 9.17) is 8.83 Å². The fourth-order valence-corrected chi connectivity index (χ4v) is 10.0. The van der Waals surface area contributed by atoms with Crippen LogP contribution >= 0.6 is 0 Å². The van der Waals surface area contributed by atoms with Crippen LogP contribution in [0.1, 0.15) is 47.6 Å². The van der Waals surface area contributed by atoms with Crippen LogP contribution in [0.25, 0.3) is 88.0 Å². The van der Waals surface area contributed by atoms with E-state index in [1.165, 1.54) is 55.3 Å². The SMILES string of the molecule is CC1(C)c2ccccc2-c2ccc(-c3c4ccccc4cc4c3oc3c(C(c5ccc(-c6ccccc6)cc5)c5cccc6c5oc5ccccc56)cccc34)cc21. The highest BCUT2D eigenvalue weighted by atomic mass is 16.3. The maximum atomic E-state index is 7.37. The van der Waals surface area contributed by atoms with Crippen LogP contribution in [0, 0.1) is 0 Å². The van der Waals surface area contributed by atoms with Gasteiger partial charge in [0.15, 0.2) is 0 Å². The average molecular weight is 743 g/mol. The summed E-state index contributed by atoms with van der Waals surface area (Å²) in [5.41, 5.74) is 16.9. The molecule has 11 aromatic rings. The Kier molecular flexibility index (Phi) is 7.07. The molecule has 58 heavy (non-hydrogen) atoms. The zero-order valence-electron chi connectivity index (χ0n) is 32.3. The first kappa shape index (κ1) is 33.0. The van der Waals surface area contributed by atoms with Crippen molar-refractivity contribution in [2.75, 3.05) is 0 Å². The lowest BCUT2D eigenvalue weighted by atomic mass is 9.81. The number of hydrogen-bond donors (Lipinski definition) is 0. The van der Waals surface area contributed by atoms with Crippen LogP contribution in [0.3, 0.4) is 0 Å². The van der Waals surface area contributed by atoms with Gasteiger partial charge in [-0.05, 0) is 73.5 Å². The van der Waals surface area contributed by atoms with Crippen LogP contribution < -0.4 is 0 Å². The van der Waals surface area contributed by atoms with Crippen molar-refractivity contribution in [3.05, 3.63) is 216 Å². The van der Waals surface area contributed by atoms with E-state index < -0.39 is 0 Å². The summed E-state index contributed by atoms with van der Waals surface area (Å²) < 4.78 is 14.1. The second kappa shape index (κ2) is 12.4. The van der Waals surface area contributed by atoms with Crippen molar-refractivity contribution in [3.63, 3.8) is 0 Å². The number of hydrogen-bond acceptors (Lipinski definition) is 2. The Bertz CT molecular complexity index is 3410. The van der Waals surface area contributed by atoms with Crippen molar-refractivity contribution in [2.45, 2.75) is 25.2 Å². The van der Waals surface area contributed by atoms with Gasteiger partial charge >= 0.3 is 0 Å². The van der Waals surface area contributed by atoms with E-state index in [1.807, 2.05) is 6.07 Å². The Morgan fingerprint density at radius 1 is 0.397 bits per heavy atom. The number of rotatable bonds is 5. The third-order valence-corrected chi connectivity index (χ3v) is 12.8. The highest BCUT2D eigenvalue weighted by molar-refractivity contribution is 6.19. The zero-order chi connectivity index (χ0) is 38.5. The monoisotopic (exact) mass is 742 g/mol. The number of fused-ring (bicyclic) bond motifs is 10. The molecule has 1 unspecified atom stereocenters. The topological polar surface area (TPSA) is 26.3 Å². The third-order valence-electron chi connectivity index (χ3n) is 12.8. The predicted octanol–water partition coefficient (Wildman–Crippen LogP) is 15.5. The normalized spacial score (nSPS) is 13.8. The predicted molar refractivity (Wildman–Crippen MR) is 241 cm³/mol. The highest BCUT2D eigenvalue weighted by Gasteiger charge is 2.36. The standard InChI is InChI=1S/C56H38O2/c1-56(2)48-24-10-8-18-40(48)41-31-30-38(33-49(41)56)52-39-17-7-6-16-37(39)32-47-44-21-13-23-46(54(44)58-55(47)52)51(36-28-26-35(27-29-36)34-14-4-3-5-15-34)45-22-12-20-43-42-19-9-11-25-50(42)57-53(43)45/h3-33,51H,1-2H3. The molecule has 2 nitrogen and oxygen atoms in total. The van der Waals surface area contributed by atoms with Gasteiger partial charge in [0.05, 0.1) is 0 Å². The molecule has 2 heterocycles. The molecule has 0 amide bonds. The molecule has 0 bridgehead atoms. The molecule has 12 rings (SSSR count). The van der Waals surface area contributed by atoms with E-state index in [0.29, 0.717) is 0 Å². The van der Waals surface area contributed by atoms with Crippen molar-refractivity contribution < 1.29 is 8.83 Å². The molecule has 1 aliphatic rings. The second-order valence-corrected chi connectivity index (χ2v) is 16.3. The minimum absolute atomic E-state index is 0.117. The van der Waals surface area contributed by atoms with Gasteiger partial charge in [-0.2, -0.15) is 0 Å². The summed E-state index contributed by atoms with van der Waals surface area (Å²) in [6.07, 6.45) is 0. The minimum Gasteiger partial charge on any atom is -0.456 e. The molecule has 2 aromatic heterocycles. The van der Waals surface area contributed by atoms with Gasteiger partial charge in [-0.3, -0.25) is 0 Å². The van der Waals surface area contributed by atoms with E-state index in [2.05, 4.69) is 196 Å². The van der Waals surface area contributed by atoms with Crippen LogP contribution in [0.2, 0.25) is 0 Å². The zero-order valence-corrected chi connectivity index (χ0v) is 32.3. The Morgan fingerprint density at radius 2 is 1.00 bits per heavy atom. The number of furan rings is 2. The van der Waals surface area contributed by atoms with Crippen LogP contribution in [0.4, 0.5) is 0 Å². The molecule has 1 aliphatic carbocycles. The van der Waals surface area contributed by atoms with Crippen molar-refractivity contribution in [2.24, 2.45) is 0 Å². The van der Waals surface area contributed by atoms with E-state index >= 15 is 0 Å². The molecule has 0 radical (unpaired) electrons. The number of para-hydroxylation sites is 3. The van der Waals surface area contributed by atoms with E-state index in [9.17, 15) is 0 Å². The Balaban J connectivity index is 1.12. The molecule has 1 atom stereocenters. The van der Waals surface area contributed by atoms with Gasteiger partial charge in [-0.1, -0.05) is 184 Å². The third kappa shape index (κ3) is 4.79. The van der Waals surface area contributed by atoms with Gasteiger partial charge in [0.25, 0.3) is 0 Å². The van der Waals surface area contributed by atoms with Gasteiger partial charge in [0.1, 0.15) is 22.3 Å². The lowest BCUT2D eigenvalue weighted by Gasteiger charge is -2.22. The summed E-state index contributed by atoms with van der Waals surface area (Å²) in [6, 6.07) is 68.2. The van der Waals surface area contributed by atoms with E-state index in [-0.39, 0.29) is 11.3 Å². The molecule has 0 saturated carbocycles. The van der Waals surface area contributed by atoms with Crippen molar-refractivity contribution in [1.82, 2.24) is 0 Å². The smallest absolute Gasteiger partial charge is 0.143 e. The van der Waals surface area contributed by atoms with Crippen molar-refractivity contribution in [1.29, 1.82) is 0 Å². The lowest BCUT2D eigenvalue weighted by Crippen LogP contribution is -2.14. The van der Waals surface area contributed by atoms with Crippen LogP contribution in [0.15, 0.2) is 197 Å². The Morgan fingerprint density at radius 3 is 1.81 bits per heavy atom. The molecule has 0 N–H and O–H groups in total. The van der Waals surface area contributed by atoms with Gasteiger partial charge in [0.2, 0.25) is 0 Å². The molecular formula is C56H38O2. The molecule has 0 fully saturated rings. The Labute approximate surface area is 336 Å². The van der Waals surface area contributed by atoms with Gasteiger partial charge in [-0.15, -0.1) is 0 Å². The summed E-state index contributed by atoms with van der Waals surface area (Å²) in [5, 5.41) is 6.84. The number of benzene rings is 9. The summed E-state index contributed by atoms with van der Waals surface area (Å²) >= 11 is 0. The molecule has 2 heteroatoms. The highest BCUT2D eigenvalue weighted by Crippen LogP contribution is 2.52. The minimum atomic E-state index is -0.171.